The van der Waals surface area contributed by atoms with Crippen LogP contribution in [0.25, 0.3) is 0 Å². The second kappa shape index (κ2) is 7.43. The van der Waals surface area contributed by atoms with Crippen molar-refractivity contribution >= 4 is 11.6 Å². The highest BCUT2D eigenvalue weighted by Gasteiger charge is 2.29. The van der Waals surface area contributed by atoms with Crippen LogP contribution < -0.4 is 15.8 Å². The van der Waals surface area contributed by atoms with Crippen LogP contribution in [0.3, 0.4) is 0 Å². The molecular weight excluding hydrogens is 268 g/mol. The fourth-order valence-corrected chi connectivity index (χ4v) is 2.19. The minimum absolute atomic E-state index is 0.0340. The summed E-state index contributed by atoms with van der Waals surface area (Å²) in [4.78, 5) is 12.1. The van der Waals surface area contributed by atoms with Crippen LogP contribution in [0.5, 0.6) is 5.75 Å². The first-order chi connectivity index (χ1) is 10.1. The second-order valence-electron chi connectivity index (χ2n) is 5.59. The maximum atomic E-state index is 12.1. The number of rotatable bonds is 8. The van der Waals surface area contributed by atoms with Gasteiger partial charge in [0.15, 0.2) is 0 Å². The molecule has 0 saturated heterocycles. The van der Waals surface area contributed by atoms with E-state index < -0.39 is 0 Å². The fourth-order valence-electron chi connectivity index (χ4n) is 2.19. The molecule has 0 spiro atoms. The topological polar surface area (TPSA) is 73.6 Å². The van der Waals surface area contributed by atoms with Crippen LogP contribution in [0.15, 0.2) is 18.2 Å². The molecule has 5 heteroatoms. The van der Waals surface area contributed by atoms with E-state index in [1.807, 2.05) is 25.1 Å². The second-order valence-corrected chi connectivity index (χ2v) is 5.59. The van der Waals surface area contributed by atoms with Gasteiger partial charge in [0.1, 0.15) is 12.4 Å². The summed E-state index contributed by atoms with van der Waals surface area (Å²) in [5, 5.41) is 2.89. The maximum absolute atomic E-state index is 12.1. The molecule has 2 rings (SSSR count). The van der Waals surface area contributed by atoms with Crippen LogP contribution in [0.1, 0.15) is 24.8 Å². The third-order valence-electron chi connectivity index (χ3n) is 3.60. The molecular formula is C16H24N2O3. The Morgan fingerprint density at radius 1 is 1.43 bits per heavy atom. The Morgan fingerprint density at radius 3 is 2.86 bits per heavy atom. The van der Waals surface area contributed by atoms with Gasteiger partial charge in [0.25, 0.3) is 0 Å². The number of nitrogens with one attached hydrogen (secondary N) is 1. The van der Waals surface area contributed by atoms with Gasteiger partial charge in [0.05, 0.1) is 12.3 Å². The maximum Gasteiger partial charge on any atom is 0.226 e. The van der Waals surface area contributed by atoms with Gasteiger partial charge < -0.3 is 20.5 Å². The van der Waals surface area contributed by atoms with Crippen molar-refractivity contribution in [2.75, 3.05) is 25.6 Å². The molecule has 0 aliphatic heterocycles. The molecule has 21 heavy (non-hydrogen) atoms. The Balaban J connectivity index is 1.95. The van der Waals surface area contributed by atoms with Crippen LogP contribution >= 0.6 is 0 Å². The number of methoxy groups -OCH3 is 1. The molecule has 1 saturated carbocycles. The van der Waals surface area contributed by atoms with Gasteiger partial charge in [-0.3, -0.25) is 4.79 Å². The standard InChI is InChI=1S/C16H24N2O3/c1-11-3-6-14(15(9-11)21-8-7-20-2)18-16(19)10-13(17)12-4-5-12/h3,6,9,12-13H,4-5,7-8,10,17H2,1-2H3,(H,18,19). The Kier molecular flexibility index (Phi) is 5.59. The minimum atomic E-state index is -0.0603. The predicted octanol–water partition coefficient (Wildman–Crippen LogP) is 2.09. The number of hydrogen-bond acceptors (Lipinski definition) is 4. The fraction of sp³-hybridized carbons (Fsp3) is 0.562. The molecule has 3 N–H and O–H groups in total. The first-order valence-electron chi connectivity index (χ1n) is 7.38. The zero-order chi connectivity index (χ0) is 15.2. The number of amides is 1. The molecule has 1 aliphatic carbocycles. The molecule has 1 aromatic rings. The van der Waals surface area contributed by atoms with Crippen LogP contribution in [-0.4, -0.2) is 32.3 Å². The Morgan fingerprint density at radius 2 is 2.19 bits per heavy atom. The summed E-state index contributed by atoms with van der Waals surface area (Å²) in [6.07, 6.45) is 2.64. The summed E-state index contributed by atoms with van der Waals surface area (Å²) < 4.78 is 10.6. The lowest BCUT2D eigenvalue weighted by Crippen LogP contribution is -2.29. The predicted molar refractivity (Wildman–Crippen MR) is 82.5 cm³/mol. The van der Waals surface area contributed by atoms with E-state index in [-0.39, 0.29) is 11.9 Å². The zero-order valence-corrected chi connectivity index (χ0v) is 12.7. The SMILES string of the molecule is COCCOc1cc(C)ccc1NC(=O)CC(N)C1CC1. The van der Waals surface area contributed by atoms with Crippen LogP contribution in [0.4, 0.5) is 5.69 Å². The van der Waals surface area contributed by atoms with Crippen molar-refractivity contribution in [1.29, 1.82) is 0 Å². The largest absolute Gasteiger partial charge is 0.489 e. The molecule has 1 aromatic carbocycles. The van der Waals surface area contributed by atoms with Gasteiger partial charge in [-0.2, -0.15) is 0 Å². The Labute approximate surface area is 125 Å². The van der Waals surface area contributed by atoms with Gasteiger partial charge in [0, 0.05) is 19.6 Å². The van der Waals surface area contributed by atoms with Crippen LogP contribution in [-0.2, 0) is 9.53 Å². The zero-order valence-electron chi connectivity index (χ0n) is 12.7. The summed E-state index contributed by atoms with van der Waals surface area (Å²) in [6, 6.07) is 5.68. The van der Waals surface area contributed by atoms with Crippen molar-refractivity contribution in [2.45, 2.75) is 32.2 Å². The Hall–Kier alpha value is -1.59. The molecule has 1 amide bonds. The quantitative estimate of drug-likeness (QED) is 0.720. The van der Waals surface area contributed by atoms with Crippen LogP contribution in [0, 0.1) is 12.8 Å². The smallest absolute Gasteiger partial charge is 0.226 e. The van der Waals surface area contributed by atoms with Crippen molar-refractivity contribution in [3.63, 3.8) is 0 Å². The average molecular weight is 292 g/mol. The van der Waals surface area contributed by atoms with Crippen LogP contribution in [0.2, 0.25) is 0 Å². The van der Waals surface area contributed by atoms with E-state index in [1.165, 1.54) is 0 Å². The van der Waals surface area contributed by atoms with E-state index in [0.29, 0.717) is 37.0 Å². The van der Waals surface area contributed by atoms with Gasteiger partial charge >= 0.3 is 0 Å². The molecule has 1 unspecified atom stereocenters. The number of ether oxygens (including phenoxy) is 2. The molecule has 1 fully saturated rings. The lowest BCUT2D eigenvalue weighted by molar-refractivity contribution is -0.116. The molecule has 0 heterocycles. The number of aryl methyl sites for hydroxylation is 1. The van der Waals surface area contributed by atoms with E-state index in [0.717, 1.165) is 18.4 Å². The monoisotopic (exact) mass is 292 g/mol. The van der Waals surface area contributed by atoms with Crippen molar-refractivity contribution in [2.24, 2.45) is 11.7 Å². The molecule has 116 valence electrons. The molecule has 1 atom stereocenters. The molecule has 1 aliphatic rings. The summed E-state index contributed by atoms with van der Waals surface area (Å²) in [6.45, 7) is 2.94. The number of carbonyl (C=O) groups excluding carboxylic acids is 1. The van der Waals surface area contributed by atoms with E-state index in [9.17, 15) is 4.79 Å². The highest BCUT2D eigenvalue weighted by molar-refractivity contribution is 5.92. The number of nitrogens with two attached hydrogens (primary N) is 1. The molecule has 0 radical (unpaired) electrons. The number of anilines is 1. The van der Waals surface area contributed by atoms with E-state index in [2.05, 4.69) is 5.32 Å². The van der Waals surface area contributed by atoms with E-state index in [1.54, 1.807) is 7.11 Å². The lowest BCUT2D eigenvalue weighted by Gasteiger charge is -2.15. The van der Waals surface area contributed by atoms with Crippen molar-refractivity contribution < 1.29 is 14.3 Å². The van der Waals surface area contributed by atoms with E-state index in [4.69, 9.17) is 15.2 Å². The molecule has 0 bridgehead atoms. The van der Waals surface area contributed by atoms with Gasteiger partial charge in [-0.1, -0.05) is 6.07 Å². The first kappa shape index (κ1) is 15.8. The first-order valence-corrected chi connectivity index (χ1v) is 7.38. The summed E-state index contributed by atoms with van der Waals surface area (Å²) in [7, 11) is 1.63. The van der Waals surface area contributed by atoms with Crippen molar-refractivity contribution in [3.8, 4) is 5.75 Å². The van der Waals surface area contributed by atoms with Gasteiger partial charge in [-0.15, -0.1) is 0 Å². The normalized spacial score (nSPS) is 15.6. The number of benzene rings is 1. The molecule has 5 nitrogen and oxygen atoms in total. The van der Waals surface area contributed by atoms with Crippen molar-refractivity contribution in [1.82, 2.24) is 0 Å². The van der Waals surface area contributed by atoms with Gasteiger partial charge in [-0.25, -0.2) is 0 Å². The Bertz CT molecular complexity index is 486. The minimum Gasteiger partial charge on any atom is -0.489 e. The highest BCUT2D eigenvalue weighted by Crippen LogP contribution is 2.33. The average Bonchev–Trinajstić information content (AvgIpc) is 3.26. The molecule has 0 aromatic heterocycles. The third kappa shape index (κ3) is 5.02. The van der Waals surface area contributed by atoms with Crippen molar-refractivity contribution in [3.05, 3.63) is 23.8 Å². The highest BCUT2D eigenvalue weighted by atomic mass is 16.5. The number of hydrogen-bond donors (Lipinski definition) is 2. The summed E-state index contributed by atoms with van der Waals surface area (Å²) >= 11 is 0. The summed E-state index contributed by atoms with van der Waals surface area (Å²) in [5.74, 6) is 1.13. The van der Waals surface area contributed by atoms with Gasteiger partial charge in [0.2, 0.25) is 5.91 Å². The van der Waals surface area contributed by atoms with E-state index >= 15 is 0 Å². The third-order valence-corrected chi connectivity index (χ3v) is 3.60. The van der Waals surface area contributed by atoms with Gasteiger partial charge in [-0.05, 0) is 43.4 Å². The lowest BCUT2D eigenvalue weighted by atomic mass is 10.1. The number of carbonyl (C=O) groups is 1. The summed E-state index contributed by atoms with van der Waals surface area (Å²) in [5.41, 5.74) is 7.75.